The second-order valence-corrected chi connectivity index (χ2v) is 6.08. The topological polar surface area (TPSA) is 21.3 Å². The Morgan fingerprint density at radius 1 is 1.20 bits per heavy atom. The van der Waals surface area contributed by atoms with Crippen LogP contribution in [0, 0.1) is 5.92 Å². The van der Waals surface area contributed by atoms with Gasteiger partial charge in [-0.05, 0) is 55.8 Å². The molecule has 1 aliphatic carbocycles. The van der Waals surface area contributed by atoms with E-state index in [4.69, 9.17) is 16.3 Å². The van der Waals surface area contributed by atoms with Crippen LogP contribution in [0.4, 0.5) is 0 Å². The van der Waals surface area contributed by atoms with Crippen LogP contribution in [0.2, 0.25) is 5.02 Å². The monoisotopic (exact) mass is 295 g/mol. The molecule has 0 bridgehead atoms. The Labute approximate surface area is 127 Å². The number of hydrogen-bond acceptors (Lipinski definition) is 2. The molecule has 0 aromatic heterocycles. The van der Waals surface area contributed by atoms with Crippen LogP contribution in [-0.2, 0) is 4.74 Å². The summed E-state index contributed by atoms with van der Waals surface area (Å²) in [6.45, 7) is 4.98. The maximum atomic E-state index is 5.96. The number of unbranched alkanes of at least 4 members (excludes halogenated alkanes) is 1. The lowest BCUT2D eigenvalue weighted by Gasteiger charge is -2.19. The molecule has 0 heterocycles. The molecule has 20 heavy (non-hydrogen) atoms. The van der Waals surface area contributed by atoms with Crippen LogP contribution in [0.3, 0.4) is 0 Å². The first-order valence-corrected chi connectivity index (χ1v) is 8.25. The minimum Gasteiger partial charge on any atom is -0.381 e. The Bertz CT molecular complexity index is 375. The lowest BCUT2D eigenvalue weighted by Crippen LogP contribution is -2.25. The van der Waals surface area contributed by atoms with Crippen molar-refractivity contribution >= 4 is 11.6 Å². The lowest BCUT2D eigenvalue weighted by atomic mass is 10.0. The van der Waals surface area contributed by atoms with E-state index in [0.717, 1.165) is 37.1 Å². The summed E-state index contributed by atoms with van der Waals surface area (Å²) in [4.78, 5) is 0. The number of benzene rings is 1. The van der Waals surface area contributed by atoms with Crippen molar-refractivity contribution in [1.29, 1.82) is 0 Å². The normalized spacial score (nSPS) is 16.3. The van der Waals surface area contributed by atoms with Gasteiger partial charge in [0.1, 0.15) is 0 Å². The Hall–Kier alpha value is -0.570. The fourth-order valence-electron chi connectivity index (χ4n) is 2.44. The molecule has 0 radical (unpaired) electrons. The van der Waals surface area contributed by atoms with Gasteiger partial charge in [0.15, 0.2) is 0 Å². The molecule has 2 rings (SSSR count). The highest BCUT2D eigenvalue weighted by Crippen LogP contribution is 2.41. The lowest BCUT2D eigenvalue weighted by molar-refractivity contribution is 0.128. The predicted molar refractivity (Wildman–Crippen MR) is 85.3 cm³/mol. The van der Waals surface area contributed by atoms with E-state index < -0.39 is 0 Å². The zero-order chi connectivity index (χ0) is 14.2. The van der Waals surface area contributed by atoms with Gasteiger partial charge < -0.3 is 10.1 Å². The van der Waals surface area contributed by atoms with Gasteiger partial charge in [0.05, 0.1) is 0 Å². The van der Waals surface area contributed by atoms with Crippen molar-refractivity contribution in [2.24, 2.45) is 5.92 Å². The van der Waals surface area contributed by atoms with E-state index in [0.29, 0.717) is 6.04 Å². The minimum atomic E-state index is 0.489. The van der Waals surface area contributed by atoms with Gasteiger partial charge in [0.2, 0.25) is 0 Å². The van der Waals surface area contributed by atoms with Gasteiger partial charge in [-0.15, -0.1) is 0 Å². The molecular formula is C17H26ClNO. The zero-order valence-electron chi connectivity index (χ0n) is 12.4. The number of hydrogen-bond donors (Lipinski definition) is 1. The second kappa shape index (κ2) is 8.66. The highest BCUT2D eigenvalue weighted by atomic mass is 35.5. The molecule has 3 heteroatoms. The van der Waals surface area contributed by atoms with Crippen LogP contribution in [-0.4, -0.2) is 19.8 Å². The maximum Gasteiger partial charge on any atom is 0.0478 e. The highest BCUT2D eigenvalue weighted by Gasteiger charge is 2.31. The molecule has 1 atom stereocenters. The molecule has 112 valence electrons. The maximum absolute atomic E-state index is 5.96. The summed E-state index contributed by atoms with van der Waals surface area (Å²) in [6, 6.07) is 8.76. The van der Waals surface area contributed by atoms with Crippen LogP contribution in [0.1, 0.15) is 50.6 Å². The fourth-order valence-corrected chi connectivity index (χ4v) is 2.56. The fraction of sp³-hybridized carbons (Fsp3) is 0.647. The third-order valence-corrected chi connectivity index (χ3v) is 4.05. The van der Waals surface area contributed by atoms with Crippen LogP contribution in [0.15, 0.2) is 24.3 Å². The van der Waals surface area contributed by atoms with E-state index in [9.17, 15) is 0 Å². The van der Waals surface area contributed by atoms with Crippen molar-refractivity contribution in [1.82, 2.24) is 5.32 Å². The molecule has 0 amide bonds. The van der Waals surface area contributed by atoms with E-state index in [1.807, 2.05) is 12.1 Å². The molecule has 1 fully saturated rings. The zero-order valence-corrected chi connectivity index (χ0v) is 13.2. The van der Waals surface area contributed by atoms with Gasteiger partial charge in [-0.2, -0.15) is 0 Å². The standard InChI is InChI=1S/C17H26ClNO/c1-2-3-12-20-13-4-11-19-17(14-5-6-14)15-7-9-16(18)10-8-15/h7-10,14,17,19H,2-6,11-13H2,1H3. The average Bonchev–Trinajstić information content (AvgIpc) is 3.28. The van der Waals surface area contributed by atoms with Gasteiger partial charge in [0.25, 0.3) is 0 Å². The van der Waals surface area contributed by atoms with Gasteiger partial charge in [-0.1, -0.05) is 37.1 Å². The second-order valence-electron chi connectivity index (χ2n) is 5.64. The van der Waals surface area contributed by atoms with E-state index in [1.54, 1.807) is 0 Å². The predicted octanol–water partition coefficient (Wildman–Crippen LogP) is 4.59. The summed E-state index contributed by atoms with van der Waals surface area (Å²) in [7, 11) is 0. The van der Waals surface area contributed by atoms with Gasteiger partial charge in [-0.25, -0.2) is 0 Å². The Kier molecular flexibility index (Phi) is 6.85. The van der Waals surface area contributed by atoms with Gasteiger partial charge in [-0.3, -0.25) is 0 Å². The van der Waals surface area contributed by atoms with Crippen LogP contribution >= 0.6 is 11.6 Å². The van der Waals surface area contributed by atoms with Crippen LogP contribution in [0.25, 0.3) is 0 Å². The Balaban J connectivity index is 1.69. The Morgan fingerprint density at radius 2 is 1.90 bits per heavy atom. The van der Waals surface area contributed by atoms with Gasteiger partial charge >= 0.3 is 0 Å². The summed E-state index contributed by atoms with van der Waals surface area (Å²) >= 11 is 5.96. The SMILES string of the molecule is CCCCOCCCNC(c1ccc(Cl)cc1)C1CC1. The van der Waals surface area contributed by atoms with Gasteiger partial charge in [0, 0.05) is 24.3 Å². The Morgan fingerprint density at radius 3 is 2.55 bits per heavy atom. The smallest absolute Gasteiger partial charge is 0.0478 e. The largest absolute Gasteiger partial charge is 0.381 e. The first kappa shape index (κ1) is 15.8. The number of ether oxygens (including phenoxy) is 1. The third-order valence-electron chi connectivity index (χ3n) is 3.79. The summed E-state index contributed by atoms with van der Waals surface area (Å²) in [5, 5.41) is 4.50. The molecule has 2 nitrogen and oxygen atoms in total. The van der Waals surface area contributed by atoms with Crippen LogP contribution < -0.4 is 5.32 Å². The highest BCUT2D eigenvalue weighted by molar-refractivity contribution is 6.30. The molecule has 1 saturated carbocycles. The van der Waals surface area contributed by atoms with E-state index in [2.05, 4.69) is 24.4 Å². The van der Waals surface area contributed by atoms with Crippen molar-refractivity contribution in [2.45, 2.75) is 45.1 Å². The molecular weight excluding hydrogens is 270 g/mol. The average molecular weight is 296 g/mol. The molecule has 0 spiro atoms. The van der Waals surface area contributed by atoms with E-state index in [1.165, 1.54) is 31.2 Å². The summed E-state index contributed by atoms with van der Waals surface area (Å²) < 4.78 is 5.60. The van der Waals surface area contributed by atoms with Crippen molar-refractivity contribution in [3.8, 4) is 0 Å². The van der Waals surface area contributed by atoms with Crippen molar-refractivity contribution < 1.29 is 4.74 Å². The molecule has 1 aromatic rings. The van der Waals surface area contributed by atoms with Crippen molar-refractivity contribution in [3.05, 3.63) is 34.9 Å². The number of halogens is 1. The third kappa shape index (κ3) is 5.43. The molecule has 0 saturated heterocycles. The summed E-state index contributed by atoms with van der Waals surface area (Å²) in [5.41, 5.74) is 1.36. The molecule has 1 aliphatic rings. The molecule has 1 unspecified atom stereocenters. The van der Waals surface area contributed by atoms with Crippen molar-refractivity contribution in [3.63, 3.8) is 0 Å². The number of nitrogens with one attached hydrogen (secondary N) is 1. The molecule has 0 aliphatic heterocycles. The molecule has 1 N–H and O–H groups in total. The first-order valence-electron chi connectivity index (χ1n) is 7.88. The van der Waals surface area contributed by atoms with Crippen LogP contribution in [0.5, 0.6) is 0 Å². The van der Waals surface area contributed by atoms with Crippen molar-refractivity contribution in [2.75, 3.05) is 19.8 Å². The number of rotatable bonds is 10. The minimum absolute atomic E-state index is 0.489. The summed E-state index contributed by atoms with van der Waals surface area (Å²) in [5.74, 6) is 0.803. The quantitative estimate of drug-likeness (QED) is 0.638. The molecule has 1 aromatic carbocycles. The van der Waals surface area contributed by atoms with E-state index in [-0.39, 0.29) is 0 Å². The summed E-state index contributed by atoms with van der Waals surface area (Å²) in [6.07, 6.45) is 6.14. The van der Waals surface area contributed by atoms with E-state index >= 15 is 0 Å². The first-order chi connectivity index (χ1) is 9.81.